The average Bonchev–Trinajstić information content (AvgIpc) is 2.60. The molecule has 0 aliphatic carbocycles. The summed E-state index contributed by atoms with van der Waals surface area (Å²) in [5, 5.41) is 7.18. The Kier molecular flexibility index (Phi) is 6.71. The number of aryl methyl sites for hydroxylation is 1. The number of hydrazone groups is 1. The Morgan fingerprint density at radius 2 is 1.76 bits per heavy atom. The van der Waals surface area contributed by atoms with E-state index in [9.17, 15) is 9.59 Å². The second-order valence-corrected chi connectivity index (χ2v) is 5.91. The normalized spacial score (nSPS) is 11.1. The molecule has 0 aromatic heterocycles. The summed E-state index contributed by atoms with van der Waals surface area (Å²) in [6, 6.07) is 14.3. The SMILES string of the molecule is CCc1ccccc1NC(=O)C/C(C)=N\NC(=O)c1ccccc1Cl. The summed E-state index contributed by atoms with van der Waals surface area (Å²) in [5.41, 5.74) is 5.11. The lowest BCUT2D eigenvalue weighted by atomic mass is 10.1. The predicted octanol–water partition coefficient (Wildman–Crippen LogP) is 4.04. The van der Waals surface area contributed by atoms with E-state index >= 15 is 0 Å². The predicted molar refractivity (Wildman–Crippen MR) is 101 cm³/mol. The van der Waals surface area contributed by atoms with Gasteiger partial charge in [0.05, 0.1) is 17.0 Å². The Morgan fingerprint density at radius 3 is 2.48 bits per heavy atom. The molecule has 6 heteroatoms. The van der Waals surface area contributed by atoms with Gasteiger partial charge < -0.3 is 5.32 Å². The summed E-state index contributed by atoms with van der Waals surface area (Å²) < 4.78 is 0. The first-order chi connectivity index (χ1) is 12.0. The van der Waals surface area contributed by atoms with Crippen molar-refractivity contribution in [1.29, 1.82) is 0 Å². The van der Waals surface area contributed by atoms with E-state index in [0.717, 1.165) is 17.7 Å². The molecule has 0 fully saturated rings. The van der Waals surface area contributed by atoms with Crippen molar-refractivity contribution in [2.75, 3.05) is 5.32 Å². The minimum Gasteiger partial charge on any atom is -0.326 e. The fourth-order valence-corrected chi connectivity index (χ4v) is 2.49. The number of carbonyl (C=O) groups is 2. The molecule has 0 saturated heterocycles. The number of benzene rings is 2. The molecule has 2 amide bonds. The quantitative estimate of drug-likeness (QED) is 0.605. The first-order valence-electron chi connectivity index (χ1n) is 7.97. The minimum atomic E-state index is -0.415. The van der Waals surface area contributed by atoms with Crippen LogP contribution in [0.1, 0.15) is 36.2 Å². The molecule has 0 spiro atoms. The molecule has 2 aromatic rings. The number of rotatable bonds is 6. The molecule has 0 bridgehead atoms. The highest BCUT2D eigenvalue weighted by Gasteiger charge is 2.10. The first kappa shape index (κ1) is 18.7. The van der Waals surface area contributed by atoms with Crippen molar-refractivity contribution < 1.29 is 9.59 Å². The van der Waals surface area contributed by atoms with Gasteiger partial charge in [0.2, 0.25) is 5.91 Å². The van der Waals surface area contributed by atoms with Gasteiger partial charge in [-0.1, -0.05) is 48.9 Å². The topological polar surface area (TPSA) is 70.6 Å². The number of para-hydroxylation sites is 1. The highest BCUT2D eigenvalue weighted by molar-refractivity contribution is 6.33. The summed E-state index contributed by atoms with van der Waals surface area (Å²) in [6.45, 7) is 3.71. The van der Waals surface area contributed by atoms with E-state index in [0.29, 0.717) is 16.3 Å². The van der Waals surface area contributed by atoms with Gasteiger partial charge >= 0.3 is 0 Å². The van der Waals surface area contributed by atoms with Gasteiger partial charge in [0.1, 0.15) is 0 Å². The summed E-state index contributed by atoms with van der Waals surface area (Å²) in [6.07, 6.45) is 0.915. The van der Waals surface area contributed by atoms with Gasteiger partial charge in [-0.15, -0.1) is 0 Å². The van der Waals surface area contributed by atoms with Crippen LogP contribution in [0.2, 0.25) is 5.02 Å². The number of amides is 2. The maximum absolute atomic E-state index is 12.1. The zero-order chi connectivity index (χ0) is 18.2. The van der Waals surface area contributed by atoms with E-state index in [2.05, 4.69) is 15.8 Å². The Hall–Kier alpha value is -2.66. The fourth-order valence-electron chi connectivity index (χ4n) is 2.27. The van der Waals surface area contributed by atoms with Crippen molar-refractivity contribution in [1.82, 2.24) is 5.43 Å². The molecule has 2 N–H and O–H groups in total. The molecular weight excluding hydrogens is 338 g/mol. The van der Waals surface area contributed by atoms with Crippen molar-refractivity contribution in [3.63, 3.8) is 0 Å². The van der Waals surface area contributed by atoms with Gasteiger partial charge in [-0.05, 0) is 37.1 Å². The van der Waals surface area contributed by atoms with Crippen LogP contribution in [0, 0.1) is 0 Å². The van der Waals surface area contributed by atoms with Crippen molar-refractivity contribution in [2.24, 2.45) is 5.10 Å². The second kappa shape index (κ2) is 8.99. The van der Waals surface area contributed by atoms with E-state index in [4.69, 9.17) is 11.6 Å². The summed E-state index contributed by atoms with van der Waals surface area (Å²) in [4.78, 5) is 24.2. The Balaban J connectivity index is 1.93. The highest BCUT2D eigenvalue weighted by atomic mass is 35.5. The van der Waals surface area contributed by atoms with Gasteiger partial charge in [0.15, 0.2) is 0 Å². The summed E-state index contributed by atoms with van der Waals surface area (Å²) in [7, 11) is 0. The number of halogens is 1. The molecule has 25 heavy (non-hydrogen) atoms. The van der Waals surface area contributed by atoms with Crippen LogP contribution >= 0.6 is 11.6 Å². The number of hydrogen-bond acceptors (Lipinski definition) is 3. The molecule has 0 atom stereocenters. The molecule has 2 rings (SSSR count). The van der Waals surface area contributed by atoms with E-state index < -0.39 is 5.91 Å². The monoisotopic (exact) mass is 357 g/mol. The molecule has 0 radical (unpaired) electrons. The van der Waals surface area contributed by atoms with Crippen molar-refractivity contribution in [2.45, 2.75) is 26.7 Å². The van der Waals surface area contributed by atoms with Crippen molar-refractivity contribution >= 4 is 34.8 Å². The standard InChI is InChI=1S/C19H20ClN3O2/c1-3-14-8-4-7-11-17(14)21-18(24)12-13(2)22-23-19(25)15-9-5-6-10-16(15)20/h4-11H,3,12H2,1-2H3,(H,21,24)(H,23,25)/b22-13-. The maximum atomic E-state index is 12.1. The number of hydrogen-bond donors (Lipinski definition) is 2. The van der Waals surface area contributed by atoms with Crippen LogP contribution in [0.3, 0.4) is 0 Å². The molecule has 5 nitrogen and oxygen atoms in total. The van der Waals surface area contributed by atoms with Crippen LogP contribution in [0.25, 0.3) is 0 Å². The summed E-state index contributed by atoms with van der Waals surface area (Å²) >= 11 is 5.96. The van der Waals surface area contributed by atoms with E-state index in [1.54, 1.807) is 31.2 Å². The van der Waals surface area contributed by atoms with E-state index in [-0.39, 0.29) is 12.3 Å². The fraction of sp³-hybridized carbons (Fsp3) is 0.211. The number of anilines is 1. The Labute approximate surface area is 152 Å². The van der Waals surface area contributed by atoms with Crippen LogP contribution in [0.4, 0.5) is 5.69 Å². The molecule has 0 aliphatic rings. The number of nitrogens with one attached hydrogen (secondary N) is 2. The van der Waals surface area contributed by atoms with Gasteiger partial charge in [-0.25, -0.2) is 5.43 Å². The highest BCUT2D eigenvalue weighted by Crippen LogP contribution is 2.16. The molecular formula is C19H20ClN3O2. The Bertz CT molecular complexity index is 803. The van der Waals surface area contributed by atoms with Crippen LogP contribution in [0.15, 0.2) is 53.6 Å². The summed E-state index contributed by atoms with van der Waals surface area (Å²) in [5.74, 6) is -0.601. The van der Waals surface area contributed by atoms with Gasteiger partial charge in [-0.2, -0.15) is 5.10 Å². The maximum Gasteiger partial charge on any atom is 0.272 e. The third-order valence-electron chi connectivity index (χ3n) is 3.56. The largest absolute Gasteiger partial charge is 0.326 e. The number of carbonyl (C=O) groups excluding carboxylic acids is 2. The third kappa shape index (κ3) is 5.43. The minimum absolute atomic E-state index is 0.0842. The zero-order valence-electron chi connectivity index (χ0n) is 14.2. The molecule has 2 aromatic carbocycles. The molecule has 0 heterocycles. The van der Waals surface area contributed by atoms with Gasteiger partial charge in [0, 0.05) is 11.4 Å². The lowest BCUT2D eigenvalue weighted by Crippen LogP contribution is -2.22. The van der Waals surface area contributed by atoms with E-state index in [1.165, 1.54) is 0 Å². The smallest absolute Gasteiger partial charge is 0.272 e. The van der Waals surface area contributed by atoms with Crippen LogP contribution in [-0.2, 0) is 11.2 Å². The molecule has 0 saturated carbocycles. The molecule has 130 valence electrons. The second-order valence-electron chi connectivity index (χ2n) is 5.50. The number of nitrogens with zero attached hydrogens (tertiary/aromatic N) is 1. The van der Waals surface area contributed by atoms with Crippen molar-refractivity contribution in [3.05, 3.63) is 64.7 Å². The Morgan fingerprint density at radius 1 is 1.08 bits per heavy atom. The third-order valence-corrected chi connectivity index (χ3v) is 3.89. The van der Waals surface area contributed by atoms with Crippen molar-refractivity contribution in [3.8, 4) is 0 Å². The van der Waals surface area contributed by atoms with Crippen LogP contribution in [0.5, 0.6) is 0 Å². The van der Waals surface area contributed by atoms with E-state index in [1.807, 2.05) is 31.2 Å². The molecule has 0 aliphatic heterocycles. The first-order valence-corrected chi connectivity index (χ1v) is 8.34. The lowest BCUT2D eigenvalue weighted by molar-refractivity contribution is -0.115. The van der Waals surface area contributed by atoms with Gasteiger partial charge in [0.25, 0.3) is 5.91 Å². The zero-order valence-corrected chi connectivity index (χ0v) is 14.9. The average molecular weight is 358 g/mol. The lowest BCUT2D eigenvalue weighted by Gasteiger charge is -2.09. The van der Waals surface area contributed by atoms with Crippen LogP contribution in [-0.4, -0.2) is 17.5 Å². The molecule has 0 unspecified atom stereocenters. The van der Waals surface area contributed by atoms with Gasteiger partial charge in [-0.3, -0.25) is 9.59 Å². The van der Waals surface area contributed by atoms with Crippen LogP contribution < -0.4 is 10.7 Å².